The average molecular weight is 279 g/mol. The largest absolute Gasteiger partial charge is 0.497 e. The van der Waals surface area contributed by atoms with Crippen LogP contribution in [-0.4, -0.2) is 23.5 Å². The number of benzene rings is 1. The molecule has 0 spiro atoms. The minimum Gasteiger partial charge on any atom is -0.497 e. The number of anilines is 1. The summed E-state index contributed by atoms with van der Waals surface area (Å²) in [6.07, 6.45) is 2.74. The van der Waals surface area contributed by atoms with Gasteiger partial charge in [0, 0.05) is 23.0 Å². The van der Waals surface area contributed by atoms with Gasteiger partial charge in [-0.05, 0) is 36.9 Å². The molecule has 2 rings (SSSR count). The lowest BCUT2D eigenvalue weighted by molar-refractivity contribution is 0.415. The maximum absolute atomic E-state index is 6.05. The Hall–Kier alpha value is -1.48. The Balaban J connectivity index is 2.47. The van der Waals surface area contributed by atoms with Crippen LogP contribution in [0, 0.1) is 0 Å². The van der Waals surface area contributed by atoms with Crippen LogP contribution in [0.5, 0.6) is 5.75 Å². The van der Waals surface area contributed by atoms with Crippen molar-refractivity contribution in [2.24, 2.45) is 0 Å². The van der Waals surface area contributed by atoms with Crippen molar-refractivity contribution in [2.45, 2.75) is 25.8 Å². The SMILES string of the molecule is CCC(C)(CCl)Nc1nccc2ccc(OC)cc12. The molecule has 0 saturated carbocycles. The highest BCUT2D eigenvalue weighted by Crippen LogP contribution is 2.28. The second-order valence-electron chi connectivity index (χ2n) is 4.92. The van der Waals surface area contributed by atoms with Crippen LogP contribution in [0.2, 0.25) is 0 Å². The van der Waals surface area contributed by atoms with Gasteiger partial charge in [-0.3, -0.25) is 0 Å². The van der Waals surface area contributed by atoms with Gasteiger partial charge in [-0.15, -0.1) is 11.6 Å². The van der Waals surface area contributed by atoms with Crippen LogP contribution in [0.4, 0.5) is 5.82 Å². The third-order valence-corrected chi connectivity index (χ3v) is 4.06. The molecule has 1 aromatic carbocycles. The number of hydrogen-bond acceptors (Lipinski definition) is 3. The number of nitrogens with one attached hydrogen (secondary N) is 1. The molecule has 102 valence electrons. The van der Waals surface area contributed by atoms with Crippen molar-refractivity contribution in [1.82, 2.24) is 4.98 Å². The van der Waals surface area contributed by atoms with Crippen LogP contribution in [0.3, 0.4) is 0 Å². The van der Waals surface area contributed by atoms with E-state index in [0.717, 1.165) is 28.8 Å². The fourth-order valence-electron chi connectivity index (χ4n) is 1.88. The van der Waals surface area contributed by atoms with E-state index in [-0.39, 0.29) is 5.54 Å². The monoisotopic (exact) mass is 278 g/mol. The van der Waals surface area contributed by atoms with Gasteiger partial charge in [0.15, 0.2) is 0 Å². The molecular weight excluding hydrogens is 260 g/mol. The number of hydrogen-bond donors (Lipinski definition) is 1. The molecule has 0 amide bonds. The van der Waals surface area contributed by atoms with E-state index < -0.39 is 0 Å². The molecule has 0 aliphatic carbocycles. The lowest BCUT2D eigenvalue weighted by Gasteiger charge is -2.28. The number of pyridine rings is 1. The smallest absolute Gasteiger partial charge is 0.134 e. The molecule has 1 atom stereocenters. The first-order valence-corrected chi connectivity index (χ1v) is 6.92. The second-order valence-corrected chi connectivity index (χ2v) is 5.19. The van der Waals surface area contributed by atoms with Gasteiger partial charge >= 0.3 is 0 Å². The number of halogens is 1. The van der Waals surface area contributed by atoms with Gasteiger partial charge in [0.2, 0.25) is 0 Å². The Morgan fingerprint density at radius 2 is 2.16 bits per heavy atom. The summed E-state index contributed by atoms with van der Waals surface area (Å²) in [5.41, 5.74) is -0.161. The number of rotatable bonds is 5. The Morgan fingerprint density at radius 3 is 2.79 bits per heavy atom. The molecule has 1 heterocycles. The van der Waals surface area contributed by atoms with Crippen LogP contribution >= 0.6 is 11.6 Å². The number of alkyl halides is 1. The number of methoxy groups -OCH3 is 1. The molecule has 3 nitrogen and oxygen atoms in total. The quantitative estimate of drug-likeness (QED) is 0.838. The molecule has 1 aromatic heterocycles. The van der Waals surface area contributed by atoms with E-state index in [1.807, 2.05) is 24.3 Å². The number of ether oxygens (including phenoxy) is 1. The first kappa shape index (κ1) is 13.9. The molecule has 0 aliphatic rings. The number of aromatic nitrogens is 1. The van der Waals surface area contributed by atoms with Crippen LogP contribution in [0.1, 0.15) is 20.3 Å². The summed E-state index contributed by atoms with van der Waals surface area (Å²) >= 11 is 6.05. The minimum absolute atomic E-state index is 0.161. The van der Waals surface area contributed by atoms with Crippen LogP contribution in [0.15, 0.2) is 30.5 Å². The van der Waals surface area contributed by atoms with E-state index in [1.54, 1.807) is 13.3 Å². The summed E-state index contributed by atoms with van der Waals surface area (Å²) < 4.78 is 5.28. The summed E-state index contributed by atoms with van der Waals surface area (Å²) in [7, 11) is 1.67. The lowest BCUT2D eigenvalue weighted by atomic mass is 10.0. The highest BCUT2D eigenvalue weighted by molar-refractivity contribution is 6.18. The third-order valence-electron chi connectivity index (χ3n) is 3.47. The molecule has 0 saturated heterocycles. The molecule has 1 N–H and O–H groups in total. The van der Waals surface area contributed by atoms with E-state index in [1.165, 1.54) is 0 Å². The molecule has 19 heavy (non-hydrogen) atoms. The van der Waals surface area contributed by atoms with E-state index in [2.05, 4.69) is 24.1 Å². The Labute approximate surface area is 118 Å². The molecule has 0 radical (unpaired) electrons. The molecule has 0 fully saturated rings. The fraction of sp³-hybridized carbons (Fsp3) is 0.400. The zero-order valence-electron chi connectivity index (χ0n) is 11.5. The van der Waals surface area contributed by atoms with E-state index in [4.69, 9.17) is 16.3 Å². The van der Waals surface area contributed by atoms with E-state index >= 15 is 0 Å². The zero-order valence-corrected chi connectivity index (χ0v) is 12.3. The molecular formula is C15H19ClN2O. The maximum atomic E-state index is 6.05. The van der Waals surface area contributed by atoms with Gasteiger partial charge in [0.1, 0.15) is 11.6 Å². The van der Waals surface area contributed by atoms with Crippen molar-refractivity contribution in [3.05, 3.63) is 30.5 Å². The molecule has 1 unspecified atom stereocenters. The van der Waals surface area contributed by atoms with Gasteiger partial charge in [0.25, 0.3) is 0 Å². The van der Waals surface area contributed by atoms with Gasteiger partial charge in [-0.2, -0.15) is 0 Å². The highest BCUT2D eigenvalue weighted by atomic mass is 35.5. The summed E-state index contributed by atoms with van der Waals surface area (Å²) in [4.78, 5) is 4.44. The Morgan fingerprint density at radius 1 is 1.37 bits per heavy atom. The Kier molecular flexibility index (Phi) is 4.15. The highest BCUT2D eigenvalue weighted by Gasteiger charge is 2.21. The van der Waals surface area contributed by atoms with Crippen molar-refractivity contribution < 1.29 is 4.74 Å². The zero-order chi connectivity index (χ0) is 13.9. The summed E-state index contributed by atoms with van der Waals surface area (Å²) in [5.74, 6) is 2.21. The van der Waals surface area contributed by atoms with E-state index in [0.29, 0.717) is 5.88 Å². The average Bonchev–Trinajstić information content (AvgIpc) is 2.47. The topological polar surface area (TPSA) is 34.2 Å². The third kappa shape index (κ3) is 2.92. The van der Waals surface area contributed by atoms with Crippen molar-refractivity contribution in [3.63, 3.8) is 0 Å². The standard InChI is InChI=1S/C15H19ClN2O/c1-4-15(2,10-16)18-14-13-9-12(19-3)6-5-11(13)7-8-17-14/h5-9H,4,10H2,1-3H3,(H,17,18). The van der Waals surface area contributed by atoms with Crippen molar-refractivity contribution in [1.29, 1.82) is 0 Å². The second kappa shape index (κ2) is 5.66. The summed E-state index contributed by atoms with van der Waals surface area (Å²) in [6, 6.07) is 7.97. The van der Waals surface area contributed by atoms with Gasteiger partial charge in [-0.1, -0.05) is 13.0 Å². The predicted molar refractivity (Wildman–Crippen MR) is 81.3 cm³/mol. The van der Waals surface area contributed by atoms with Crippen LogP contribution < -0.4 is 10.1 Å². The van der Waals surface area contributed by atoms with Gasteiger partial charge in [-0.25, -0.2) is 4.98 Å². The van der Waals surface area contributed by atoms with Crippen LogP contribution in [-0.2, 0) is 0 Å². The fourth-order valence-corrected chi connectivity index (χ4v) is 2.13. The van der Waals surface area contributed by atoms with Crippen molar-refractivity contribution in [3.8, 4) is 5.75 Å². The summed E-state index contributed by atoms with van der Waals surface area (Å²) in [6.45, 7) is 4.21. The maximum Gasteiger partial charge on any atom is 0.134 e. The van der Waals surface area contributed by atoms with E-state index in [9.17, 15) is 0 Å². The van der Waals surface area contributed by atoms with Gasteiger partial charge in [0.05, 0.1) is 7.11 Å². The molecule has 2 aromatic rings. The van der Waals surface area contributed by atoms with Crippen molar-refractivity contribution >= 4 is 28.2 Å². The minimum atomic E-state index is -0.161. The molecule has 0 aliphatic heterocycles. The summed E-state index contributed by atoms with van der Waals surface area (Å²) in [5, 5.41) is 5.63. The molecule has 4 heteroatoms. The van der Waals surface area contributed by atoms with Gasteiger partial charge < -0.3 is 10.1 Å². The Bertz CT molecular complexity index is 567. The first-order chi connectivity index (χ1) is 9.11. The first-order valence-electron chi connectivity index (χ1n) is 6.39. The van der Waals surface area contributed by atoms with Crippen molar-refractivity contribution in [2.75, 3.05) is 18.3 Å². The molecule has 0 bridgehead atoms. The van der Waals surface area contributed by atoms with Crippen LogP contribution in [0.25, 0.3) is 10.8 Å². The normalized spacial score (nSPS) is 14.1. The number of fused-ring (bicyclic) bond motifs is 1. The predicted octanol–water partition coefficient (Wildman–Crippen LogP) is 4.06. The lowest BCUT2D eigenvalue weighted by Crippen LogP contribution is -2.36. The number of nitrogens with zero attached hydrogens (tertiary/aromatic N) is 1.